The predicted molar refractivity (Wildman–Crippen MR) is 115 cm³/mol. The highest BCUT2D eigenvalue weighted by Gasteiger charge is 2.28. The van der Waals surface area contributed by atoms with Crippen molar-refractivity contribution in [1.82, 2.24) is 9.88 Å². The van der Waals surface area contributed by atoms with Gasteiger partial charge in [-0.05, 0) is 55.2 Å². The van der Waals surface area contributed by atoms with Crippen molar-refractivity contribution in [3.63, 3.8) is 0 Å². The van der Waals surface area contributed by atoms with Gasteiger partial charge in [0.25, 0.3) is 0 Å². The van der Waals surface area contributed by atoms with E-state index in [4.69, 9.17) is 4.74 Å². The fourth-order valence-electron chi connectivity index (χ4n) is 3.81. The third-order valence-electron chi connectivity index (χ3n) is 5.34. The Kier molecular flexibility index (Phi) is 6.19. The number of nitrogens with one attached hydrogen (secondary N) is 1. The molecule has 0 unspecified atom stereocenters. The summed E-state index contributed by atoms with van der Waals surface area (Å²) in [7, 11) is -3.22. The lowest BCUT2D eigenvalue weighted by Gasteiger charge is -2.26. The number of carbonyl (C=O) groups excluding carboxylic acids is 1. The molecule has 2 aliphatic heterocycles. The zero-order valence-corrected chi connectivity index (χ0v) is 17.6. The van der Waals surface area contributed by atoms with Crippen LogP contribution in [0.5, 0.6) is 0 Å². The van der Waals surface area contributed by atoms with Crippen LogP contribution in [0.1, 0.15) is 24.8 Å². The molecule has 30 heavy (non-hydrogen) atoms. The smallest absolute Gasteiger partial charge is 0.322 e. The lowest BCUT2D eigenvalue weighted by Crippen LogP contribution is -2.39. The summed E-state index contributed by atoms with van der Waals surface area (Å²) in [6.07, 6.45) is 6.07. The molecule has 2 aromatic rings. The summed E-state index contributed by atoms with van der Waals surface area (Å²) in [6.45, 7) is 2.16. The van der Waals surface area contributed by atoms with E-state index in [-0.39, 0.29) is 17.9 Å². The van der Waals surface area contributed by atoms with Crippen LogP contribution in [0.2, 0.25) is 0 Å². The van der Waals surface area contributed by atoms with Gasteiger partial charge < -0.3 is 15.0 Å². The molecule has 8 nitrogen and oxygen atoms in total. The molecule has 9 heteroatoms. The van der Waals surface area contributed by atoms with Crippen LogP contribution in [-0.4, -0.2) is 55.9 Å². The van der Waals surface area contributed by atoms with Gasteiger partial charge in [0.1, 0.15) is 0 Å². The first-order chi connectivity index (χ1) is 14.5. The average molecular weight is 431 g/mol. The summed E-state index contributed by atoms with van der Waals surface area (Å²) in [5.74, 6) is 0.179. The van der Waals surface area contributed by atoms with E-state index < -0.39 is 10.0 Å². The topological polar surface area (TPSA) is 91.8 Å². The maximum absolute atomic E-state index is 13.0. The molecule has 1 N–H and O–H groups in total. The number of aromatic nitrogens is 1. The van der Waals surface area contributed by atoms with Crippen molar-refractivity contribution in [1.29, 1.82) is 0 Å². The first-order valence-corrected chi connectivity index (χ1v) is 11.8. The molecule has 2 saturated heterocycles. The van der Waals surface area contributed by atoms with Crippen LogP contribution >= 0.6 is 0 Å². The van der Waals surface area contributed by atoms with Crippen LogP contribution in [0.15, 0.2) is 48.8 Å². The van der Waals surface area contributed by atoms with E-state index in [2.05, 4.69) is 10.3 Å². The summed E-state index contributed by atoms with van der Waals surface area (Å²) >= 11 is 0. The van der Waals surface area contributed by atoms with Gasteiger partial charge in [0.2, 0.25) is 10.0 Å². The quantitative estimate of drug-likeness (QED) is 0.761. The number of sulfonamides is 1. The molecule has 1 atom stereocenters. The summed E-state index contributed by atoms with van der Waals surface area (Å²) in [4.78, 5) is 18.8. The van der Waals surface area contributed by atoms with E-state index in [1.807, 2.05) is 12.1 Å². The standard InChI is InChI=1S/C21H26N4O4S/c26-21(23-18-6-8-19(9-7-18)25-11-3-13-30(25,27)28)24(16-20-5-2-12-29-20)15-17-4-1-10-22-14-17/h1,4,6-10,14,20H,2-3,5,11-13,15-16H2,(H,23,26)/t20-/m0/s1. The molecular formula is C21H26N4O4S. The van der Waals surface area contributed by atoms with Gasteiger partial charge >= 0.3 is 6.03 Å². The maximum Gasteiger partial charge on any atom is 0.322 e. The van der Waals surface area contributed by atoms with E-state index >= 15 is 0 Å². The van der Waals surface area contributed by atoms with Gasteiger partial charge in [-0.15, -0.1) is 0 Å². The van der Waals surface area contributed by atoms with E-state index in [0.29, 0.717) is 37.4 Å². The molecule has 1 aromatic carbocycles. The minimum atomic E-state index is -3.22. The number of amides is 2. The Balaban J connectivity index is 1.44. The zero-order chi connectivity index (χ0) is 21.0. The summed E-state index contributed by atoms with van der Waals surface area (Å²) in [6, 6.07) is 10.5. The van der Waals surface area contributed by atoms with Gasteiger partial charge in [-0.25, -0.2) is 13.2 Å². The molecule has 160 valence electrons. The number of benzene rings is 1. The Hall–Kier alpha value is -2.65. The molecule has 0 bridgehead atoms. The van der Waals surface area contributed by atoms with E-state index in [0.717, 1.165) is 25.0 Å². The Morgan fingerprint density at radius 3 is 2.70 bits per heavy atom. The van der Waals surface area contributed by atoms with Crippen molar-refractivity contribution >= 4 is 27.4 Å². The maximum atomic E-state index is 13.0. The lowest BCUT2D eigenvalue weighted by molar-refractivity contribution is 0.0819. The fourth-order valence-corrected chi connectivity index (χ4v) is 5.37. The molecule has 2 aliphatic rings. The lowest BCUT2D eigenvalue weighted by atomic mass is 10.2. The molecular weight excluding hydrogens is 404 g/mol. The molecule has 1 aromatic heterocycles. The van der Waals surface area contributed by atoms with Crippen molar-refractivity contribution in [3.8, 4) is 0 Å². The number of anilines is 2. The predicted octanol–water partition coefficient (Wildman–Crippen LogP) is 2.83. The first-order valence-electron chi connectivity index (χ1n) is 10.2. The molecule has 2 amide bonds. The van der Waals surface area contributed by atoms with Gasteiger partial charge in [-0.2, -0.15) is 0 Å². The number of hydrogen-bond donors (Lipinski definition) is 1. The normalized spacial score (nSPS) is 20.3. The number of hydrogen-bond acceptors (Lipinski definition) is 5. The van der Waals surface area contributed by atoms with Crippen LogP contribution in [-0.2, 0) is 21.3 Å². The number of nitrogens with zero attached hydrogens (tertiary/aromatic N) is 3. The molecule has 0 spiro atoms. The van der Waals surface area contributed by atoms with Crippen LogP contribution in [0.25, 0.3) is 0 Å². The van der Waals surface area contributed by atoms with E-state index in [1.54, 1.807) is 41.6 Å². The van der Waals surface area contributed by atoms with Crippen molar-refractivity contribution in [2.75, 3.05) is 35.1 Å². The number of carbonyl (C=O) groups is 1. The first kappa shape index (κ1) is 20.6. The summed E-state index contributed by atoms with van der Waals surface area (Å²) in [5, 5.41) is 2.92. The molecule has 0 saturated carbocycles. The second-order valence-corrected chi connectivity index (χ2v) is 9.61. The Morgan fingerprint density at radius 1 is 1.23 bits per heavy atom. The van der Waals surface area contributed by atoms with Crippen LogP contribution in [0.4, 0.5) is 16.2 Å². The highest BCUT2D eigenvalue weighted by Crippen LogP contribution is 2.25. The van der Waals surface area contributed by atoms with Crippen LogP contribution in [0, 0.1) is 0 Å². The van der Waals surface area contributed by atoms with Crippen molar-refractivity contribution in [2.24, 2.45) is 0 Å². The monoisotopic (exact) mass is 430 g/mol. The minimum Gasteiger partial charge on any atom is -0.376 e. The third-order valence-corrected chi connectivity index (χ3v) is 7.21. The van der Waals surface area contributed by atoms with Gasteiger partial charge in [0.05, 0.1) is 17.5 Å². The highest BCUT2D eigenvalue weighted by molar-refractivity contribution is 7.93. The van der Waals surface area contributed by atoms with Gasteiger partial charge in [-0.1, -0.05) is 6.07 Å². The summed E-state index contributed by atoms with van der Waals surface area (Å²) < 4.78 is 31.3. The highest BCUT2D eigenvalue weighted by atomic mass is 32.2. The largest absolute Gasteiger partial charge is 0.376 e. The number of rotatable bonds is 6. The Labute approximate surface area is 176 Å². The average Bonchev–Trinajstić information content (AvgIpc) is 3.38. The molecule has 0 radical (unpaired) electrons. The van der Waals surface area contributed by atoms with E-state index in [9.17, 15) is 13.2 Å². The minimum absolute atomic E-state index is 0.0372. The molecule has 3 heterocycles. The SMILES string of the molecule is O=C(Nc1ccc(N2CCCS2(=O)=O)cc1)N(Cc1cccnc1)C[C@@H]1CCCO1. The second kappa shape index (κ2) is 9.01. The van der Waals surface area contributed by atoms with Crippen molar-refractivity contribution in [2.45, 2.75) is 31.9 Å². The van der Waals surface area contributed by atoms with Gasteiger partial charge in [-0.3, -0.25) is 9.29 Å². The van der Waals surface area contributed by atoms with Crippen LogP contribution < -0.4 is 9.62 Å². The number of ether oxygens (including phenoxy) is 1. The fraction of sp³-hybridized carbons (Fsp3) is 0.429. The van der Waals surface area contributed by atoms with Crippen LogP contribution in [0.3, 0.4) is 0 Å². The Bertz CT molecular complexity index is 960. The van der Waals surface area contributed by atoms with Crippen molar-refractivity contribution < 1.29 is 17.9 Å². The van der Waals surface area contributed by atoms with Crippen molar-refractivity contribution in [3.05, 3.63) is 54.4 Å². The summed E-state index contributed by atoms with van der Waals surface area (Å²) in [5.41, 5.74) is 2.18. The zero-order valence-electron chi connectivity index (χ0n) is 16.7. The van der Waals surface area contributed by atoms with Gasteiger partial charge in [0, 0.05) is 44.3 Å². The number of pyridine rings is 1. The third kappa shape index (κ3) is 4.91. The Morgan fingerprint density at radius 2 is 2.07 bits per heavy atom. The van der Waals surface area contributed by atoms with E-state index in [1.165, 1.54) is 4.31 Å². The van der Waals surface area contributed by atoms with Gasteiger partial charge in [0.15, 0.2) is 0 Å². The number of urea groups is 1. The molecule has 2 fully saturated rings. The molecule has 0 aliphatic carbocycles. The molecule has 4 rings (SSSR count). The second-order valence-electron chi connectivity index (χ2n) is 7.60.